The first kappa shape index (κ1) is 21.4. The Bertz CT molecular complexity index is 1150. The summed E-state index contributed by atoms with van der Waals surface area (Å²) in [7, 11) is 0. The Labute approximate surface area is 192 Å². The van der Waals surface area contributed by atoms with E-state index in [0.29, 0.717) is 36.4 Å². The van der Waals surface area contributed by atoms with Crippen molar-refractivity contribution in [2.45, 2.75) is 37.8 Å². The quantitative estimate of drug-likeness (QED) is 0.433. The summed E-state index contributed by atoms with van der Waals surface area (Å²) in [6.45, 7) is 3.09. The van der Waals surface area contributed by atoms with Gasteiger partial charge < -0.3 is 19.6 Å². The Morgan fingerprint density at radius 1 is 1.09 bits per heavy atom. The third-order valence-corrected chi connectivity index (χ3v) is 6.71. The van der Waals surface area contributed by atoms with Gasteiger partial charge in [0, 0.05) is 30.8 Å². The lowest BCUT2D eigenvalue weighted by atomic mass is 9.81. The van der Waals surface area contributed by atoms with Crippen LogP contribution in [0.5, 0.6) is 0 Å². The van der Waals surface area contributed by atoms with E-state index >= 15 is 0 Å². The number of para-hydroxylation sites is 1. The van der Waals surface area contributed by atoms with Crippen molar-refractivity contribution >= 4 is 29.0 Å². The number of ether oxygens (including phenoxy) is 1. The van der Waals surface area contributed by atoms with Gasteiger partial charge in [0.05, 0.1) is 17.4 Å². The molecule has 2 unspecified atom stereocenters. The minimum atomic E-state index is -1.72. The monoisotopic (exact) mass is 446 g/mol. The van der Waals surface area contributed by atoms with Crippen LogP contribution in [-0.2, 0) is 24.7 Å². The Morgan fingerprint density at radius 3 is 2.52 bits per heavy atom. The fraction of sp³-hybridized carbons (Fsp3) is 0.346. The molecule has 1 spiro atoms. The summed E-state index contributed by atoms with van der Waals surface area (Å²) in [5, 5.41) is 11.4. The van der Waals surface area contributed by atoms with E-state index in [9.17, 15) is 19.5 Å². The summed E-state index contributed by atoms with van der Waals surface area (Å²) in [5.74, 6) is -2.37. The van der Waals surface area contributed by atoms with Gasteiger partial charge in [0.25, 0.3) is 17.6 Å². The van der Waals surface area contributed by atoms with Crippen molar-refractivity contribution in [3.63, 3.8) is 0 Å². The normalized spacial score (nSPS) is 26.0. The maximum absolute atomic E-state index is 14.2. The SMILES string of the molecule is CCCN1C(=O)C2(/C(=C(/O)c3ccccc3)C(=O)C(=O)N2CC2CCCO2)c2ccccc21. The number of hydrogen-bond acceptors (Lipinski definition) is 5. The number of rotatable bonds is 5. The van der Waals surface area contributed by atoms with Gasteiger partial charge in [-0.3, -0.25) is 14.4 Å². The largest absolute Gasteiger partial charge is 0.507 e. The van der Waals surface area contributed by atoms with E-state index in [0.717, 1.165) is 12.8 Å². The van der Waals surface area contributed by atoms with Crippen molar-refractivity contribution in [1.82, 2.24) is 4.90 Å². The lowest BCUT2D eigenvalue weighted by Crippen LogP contribution is -2.53. The zero-order valence-corrected chi connectivity index (χ0v) is 18.5. The molecule has 170 valence electrons. The van der Waals surface area contributed by atoms with Gasteiger partial charge in [-0.05, 0) is 25.3 Å². The van der Waals surface area contributed by atoms with Gasteiger partial charge in [-0.2, -0.15) is 0 Å². The summed E-state index contributed by atoms with van der Waals surface area (Å²) in [6, 6.07) is 15.8. The van der Waals surface area contributed by atoms with Crippen molar-refractivity contribution in [3.8, 4) is 0 Å². The Balaban J connectivity index is 1.79. The summed E-state index contributed by atoms with van der Waals surface area (Å²) < 4.78 is 5.77. The molecule has 0 radical (unpaired) electrons. The van der Waals surface area contributed by atoms with Crippen molar-refractivity contribution in [2.24, 2.45) is 0 Å². The van der Waals surface area contributed by atoms with Crippen LogP contribution in [0.25, 0.3) is 5.76 Å². The molecule has 1 N–H and O–H groups in total. The minimum absolute atomic E-state index is 0.107. The first-order valence-corrected chi connectivity index (χ1v) is 11.4. The number of hydrogen-bond donors (Lipinski definition) is 1. The summed E-state index contributed by atoms with van der Waals surface area (Å²) in [5.41, 5.74) is -0.314. The van der Waals surface area contributed by atoms with Crippen molar-refractivity contribution < 1.29 is 24.2 Å². The second-order valence-corrected chi connectivity index (χ2v) is 8.65. The molecule has 7 nitrogen and oxygen atoms in total. The van der Waals surface area contributed by atoms with E-state index in [4.69, 9.17) is 4.74 Å². The predicted octanol–water partition coefficient (Wildman–Crippen LogP) is 3.20. The number of Topliss-reactive ketones (excluding diaryl/α,β-unsaturated/α-hetero) is 1. The van der Waals surface area contributed by atoms with Crippen LogP contribution < -0.4 is 4.90 Å². The zero-order chi connectivity index (χ0) is 23.2. The highest BCUT2D eigenvalue weighted by Gasteiger charge is 2.67. The molecule has 2 aromatic rings. The van der Waals surface area contributed by atoms with Crippen LogP contribution in [0.4, 0.5) is 5.69 Å². The fourth-order valence-electron chi connectivity index (χ4n) is 5.30. The topological polar surface area (TPSA) is 87.2 Å². The van der Waals surface area contributed by atoms with Crippen molar-refractivity contribution in [2.75, 3.05) is 24.6 Å². The molecule has 5 rings (SSSR count). The smallest absolute Gasteiger partial charge is 0.296 e. The van der Waals surface area contributed by atoms with E-state index in [1.807, 2.05) is 19.1 Å². The maximum atomic E-state index is 14.2. The van der Waals surface area contributed by atoms with Crippen molar-refractivity contribution in [1.29, 1.82) is 0 Å². The number of benzene rings is 2. The first-order valence-electron chi connectivity index (χ1n) is 11.4. The molecule has 3 aliphatic rings. The molecule has 2 fully saturated rings. The molecular formula is C26H26N2O5. The van der Waals surface area contributed by atoms with Crippen molar-refractivity contribution in [3.05, 3.63) is 71.3 Å². The molecule has 0 saturated carbocycles. The summed E-state index contributed by atoms with van der Waals surface area (Å²) >= 11 is 0. The number of ketones is 1. The second kappa shape index (κ2) is 8.15. The lowest BCUT2D eigenvalue weighted by molar-refractivity contribution is -0.145. The van der Waals surface area contributed by atoms with E-state index < -0.39 is 17.2 Å². The highest BCUT2D eigenvalue weighted by atomic mass is 16.5. The third-order valence-electron chi connectivity index (χ3n) is 6.71. The molecule has 2 amide bonds. The van der Waals surface area contributed by atoms with Crippen LogP contribution in [0.15, 0.2) is 60.2 Å². The molecule has 0 bridgehead atoms. The average Bonchev–Trinajstić information content (AvgIpc) is 3.50. The first-order chi connectivity index (χ1) is 16.0. The molecule has 3 heterocycles. The molecule has 2 atom stereocenters. The summed E-state index contributed by atoms with van der Waals surface area (Å²) in [6.07, 6.45) is 2.04. The zero-order valence-electron chi connectivity index (χ0n) is 18.5. The van der Waals surface area contributed by atoms with Gasteiger partial charge in [0.15, 0.2) is 5.54 Å². The molecule has 3 aliphatic heterocycles. The number of aliphatic hydroxyl groups excluding tert-OH is 1. The molecule has 0 aromatic heterocycles. The van der Waals surface area contributed by atoms with Crippen LogP contribution in [0.1, 0.15) is 37.3 Å². The number of carbonyl (C=O) groups excluding carboxylic acids is 3. The molecule has 2 saturated heterocycles. The van der Waals surface area contributed by atoms with Gasteiger partial charge in [0.1, 0.15) is 5.76 Å². The van der Waals surface area contributed by atoms with Crippen LogP contribution in [-0.4, -0.2) is 53.4 Å². The fourth-order valence-corrected chi connectivity index (χ4v) is 5.30. The predicted molar refractivity (Wildman–Crippen MR) is 122 cm³/mol. The van der Waals surface area contributed by atoms with Gasteiger partial charge in [0.2, 0.25) is 0 Å². The average molecular weight is 447 g/mol. The number of nitrogens with zero attached hydrogens (tertiary/aromatic N) is 2. The second-order valence-electron chi connectivity index (χ2n) is 8.65. The number of likely N-dealkylation sites (tertiary alicyclic amines) is 1. The van der Waals surface area contributed by atoms with Crippen LogP contribution in [0.2, 0.25) is 0 Å². The number of fused-ring (bicyclic) bond motifs is 2. The standard InChI is InChI=1S/C26H26N2O5/c1-2-14-27-20-13-7-6-12-19(20)26(25(27)32)21(22(29)17-9-4-3-5-10-17)23(30)24(31)28(26)16-18-11-8-15-33-18/h3-7,9-10,12-13,18,29H,2,8,11,14-16H2,1H3/b22-21+. The van der Waals surface area contributed by atoms with Gasteiger partial charge in [-0.1, -0.05) is 55.5 Å². The number of anilines is 1. The molecule has 7 heteroatoms. The van der Waals surface area contributed by atoms with Gasteiger partial charge in [-0.15, -0.1) is 0 Å². The number of aliphatic hydroxyl groups is 1. The summed E-state index contributed by atoms with van der Waals surface area (Å²) in [4.78, 5) is 44.1. The van der Waals surface area contributed by atoms with E-state index in [1.165, 1.54) is 4.90 Å². The lowest BCUT2D eigenvalue weighted by Gasteiger charge is -2.35. The van der Waals surface area contributed by atoms with E-state index in [-0.39, 0.29) is 29.9 Å². The van der Waals surface area contributed by atoms with Gasteiger partial charge in [-0.25, -0.2) is 0 Å². The Kier molecular flexibility index (Phi) is 5.29. The highest BCUT2D eigenvalue weighted by Crippen LogP contribution is 2.53. The Hall–Kier alpha value is -3.45. The molecule has 2 aromatic carbocycles. The number of amides is 2. The third kappa shape index (κ3) is 3.03. The molecular weight excluding hydrogens is 420 g/mol. The van der Waals surface area contributed by atoms with Crippen LogP contribution in [0, 0.1) is 0 Å². The Morgan fingerprint density at radius 2 is 1.82 bits per heavy atom. The maximum Gasteiger partial charge on any atom is 0.296 e. The number of carbonyl (C=O) groups is 3. The molecule has 33 heavy (non-hydrogen) atoms. The minimum Gasteiger partial charge on any atom is -0.507 e. The van der Waals surface area contributed by atoms with E-state index in [2.05, 4.69) is 0 Å². The van der Waals surface area contributed by atoms with Crippen LogP contribution >= 0.6 is 0 Å². The molecule has 0 aliphatic carbocycles. The van der Waals surface area contributed by atoms with Crippen LogP contribution in [0.3, 0.4) is 0 Å². The van der Waals surface area contributed by atoms with E-state index in [1.54, 1.807) is 47.4 Å². The highest BCUT2D eigenvalue weighted by molar-refractivity contribution is 6.50. The van der Waals surface area contributed by atoms with Gasteiger partial charge >= 0.3 is 0 Å².